The van der Waals surface area contributed by atoms with Gasteiger partial charge >= 0.3 is 5.69 Å². The van der Waals surface area contributed by atoms with E-state index < -0.39 is 21.9 Å². The highest BCUT2D eigenvalue weighted by Gasteiger charge is 2.34. The lowest BCUT2D eigenvalue weighted by atomic mass is 9.85. The summed E-state index contributed by atoms with van der Waals surface area (Å²) < 4.78 is 0.998. The van der Waals surface area contributed by atoms with Crippen molar-refractivity contribution in [3.05, 3.63) is 119 Å². The molecule has 0 radical (unpaired) electrons. The standard InChI is InChI=1S/C28H18Cl4N4O3S/c1-28(2,22-19(30)11-16(12-20(22)31)36-27(39)34-21(37)13-33-36)26-35-23(17-8-3-4-9-18(17)29)24(40-26)14-6-5-7-15(10-14)25(32)38/h3-13H,1-2H3,(H,34,37,39). The van der Waals surface area contributed by atoms with Crippen molar-refractivity contribution < 1.29 is 4.79 Å². The molecule has 0 aliphatic rings. The van der Waals surface area contributed by atoms with E-state index in [-0.39, 0.29) is 15.7 Å². The van der Waals surface area contributed by atoms with Gasteiger partial charge in [-0.1, -0.05) is 71.2 Å². The van der Waals surface area contributed by atoms with Crippen molar-refractivity contribution in [1.29, 1.82) is 0 Å². The quantitative estimate of drug-likeness (QED) is 0.197. The molecule has 202 valence electrons. The van der Waals surface area contributed by atoms with Crippen molar-refractivity contribution >= 4 is 63.0 Å². The fraction of sp³-hybridized carbons (Fsp3) is 0.107. The Balaban J connectivity index is 1.69. The summed E-state index contributed by atoms with van der Waals surface area (Å²) in [4.78, 5) is 43.6. The normalized spacial score (nSPS) is 11.6. The van der Waals surface area contributed by atoms with Crippen molar-refractivity contribution in [3.63, 3.8) is 0 Å². The van der Waals surface area contributed by atoms with Crippen LogP contribution in [0.4, 0.5) is 0 Å². The summed E-state index contributed by atoms with van der Waals surface area (Å²) in [6.45, 7) is 3.86. The Morgan fingerprint density at radius 1 is 0.950 bits per heavy atom. The van der Waals surface area contributed by atoms with Gasteiger partial charge in [0.25, 0.3) is 10.8 Å². The van der Waals surface area contributed by atoms with Crippen LogP contribution >= 0.6 is 57.7 Å². The van der Waals surface area contributed by atoms with Crippen LogP contribution in [0.15, 0.2) is 76.4 Å². The molecule has 1 N–H and O–H groups in total. The van der Waals surface area contributed by atoms with Gasteiger partial charge in [-0.15, -0.1) is 11.3 Å². The fourth-order valence-electron chi connectivity index (χ4n) is 4.32. The summed E-state index contributed by atoms with van der Waals surface area (Å²) in [5, 5.41) is 5.05. The number of benzene rings is 3. The molecule has 12 heteroatoms. The Labute approximate surface area is 252 Å². The molecule has 2 aromatic heterocycles. The van der Waals surface area contributed by atoms with Gasteiger partial charge in [0.1, 0.15) is 11.2 Å². The molecule has 0 fully saturated rings. The number of halogens is 4. The van der Waals surface area contributed by atoms with Crippen LogP contribution in [-0.2, 0) is 5.41 Å². The predicted octanol–water partition coefficient (Wildman–Crippen LogP) is 7.38. The zero-order valence-electron chi connectivity index (χ0n) is 20.8. The van der Waals surface area contributed by atoms with Crippen molar-refractivity contribution in [2.24, 2.45) is 0 Å². The molecular weight excluding hydrogens is 614 g/mol. The van der Waals surface area contributed by atoms with Crippen LogP contribution in [0.1, 0.15) is 34.8 Å². The van der Waals surface area contributed by atoms with E-state index in [1.54, 1.807) is 36.4 Å². The lowest BCUT2D eigenvalue weighted by Crippen LogP contribution is -2.30. The minimum absolute atomic E-state index is 0.276. The third-order valence-corrected chi connectivity index (χ3v) is 8.82. The Morgan fingerprint density at radius 3 is 2.30 bits per heavy atom. The van der Waals surface area contributed by atoms with E-state index in [1.807, 2.05) is 38.1 Å². The minimum atomic E-state index is -0.811. The molecule has 0 aliphatic carbocycles. The molecule has 0 aliphatic heterocycles. The Morgan fingerprint density at radius 2 is 1.65 bits per heavy atom. The average molecular weight is 632 g/mol. The van der Waals surface area contributed by atoms with E-state index in [9.17, 15) is 14.4 Å². The molecule has 0 amide bonds. The van der Waals surface area contributed by atoms with E-state index in [0.29, 0.717) is 26.9 Å². The first-order chi connectivity index (χ1) is 19.0. The summed E-state index contributed by atoms with van der Waals surface area (Å²) in [5.41, 5.74) is 1.16. The number of aromatic amines is 1. The minimum Gasteiger partial charge on any atom is -0.276 e. The third kappa shape index (κ3) is 5.25. The van der Waals surface area contributed by atoms with E-state index in [0.717, 1.165) is 26.9 Å². The second-order valence-corrected chi connectivity index (χ2v) is 11.9. The zero-order valence-corrected chi connectivity index (χ0v) is 24.7. The molecule has 5 aromatic rings. The van der Waals surface area contributed by atoms with Crippen LogP contribution in [0, 0.1) is 0 Å². The molecule has 7 nitrogen and oxygen atoms in total. The third-order valence-electron chi connectivity index (χ3n) is 6.25. The van der Waals surface area contributed by atoms with Crippen LogP contribution in [0.5, 0.6) is 0 Å². The molecule has 5 rings (SSSR count). The number of nitrogens with one attached hydrogen (secondary N) is 1. The van der Waals surface area contributed by atoms with Crippen molar-refractivity contribution in [1.82, 2.24) is 19.7 Å². The molecule has 0 saturated carbocycles. The summed E-state index contributed by atoms with van der Waals surface area (Å²) in [5.74, 6) is 0. The first-order valence-corrected chi connectivity index (χ1v) is 14.0. The van der Waals surface area contributed by atoms with E-state index in [4.69, 9.17) is 51.4 Å². The summed E-state index contributed by atoms with van der Waals surface area (Å²) in [6.07, 6.45) is 0.987. The Kier molecular flexibility index (Phi) is 7.74. The molecule has 40 heavy (non-hydrogen) atoms. The maximum Gasteiger partial charge on any atom is 0.349 e. The SMILES string of the molecule is CC(C)(c1nc(-c2ccccc2Cl)c(-c2cccc(C(=O)Cl)c2)s1)c1c(Cl)cc(-n2ncc(=O)[nH]c2=O)cc1Cl. The maximum absolute atomic E-state index is 12.3. The monoisotopic (exact) mass is 630 g/mol. The van der Waals surface area contributed by atoms with Crippen LogP contribution < -0.4 is 11.2 Å². The second-order valence-electron chi connectivity index (χ2n) is 9.29. The fourth-order valence-corrected chi connectivity index (χ4v) is 6.80. The zero-order chi connectivity index (χ0) is 28.8. The number of rotatable bonds is 6. The number of nitrogens with zero attached hydrogens (tertiary/aromatic N) is 3. The van der Waals surface area contributed by atoms with E-state index in [1.165, 1.54) is 11.3 Å². The molecule has 0 saturated heterocycles. The first kappa shape index (κ1) is 28.3. The first-order valence-electron chi connectivity index (χ1n) is 11.7. The number of carbonyl (C=O) groups is 1. The number of hydrogen-bond donors (Lipinski definition) is 1. The average Bonchev–Trinajstić information content (AvgIpc) is 3.35. The van der Waals surface area contributed by atoms with Gasteiger partial charge in [-0.3, -0.25) is 14.6 Å². The topological polar surface area (TPSA) is 97.7 Å². The predicted molar refractivity (Wildman–Crippen MR) is 161 cm³/mol. The van der Waals surface area contributed by atoms with E-state index >= 15 is 0 Å². The Bertz CT molecular complexity index is 1890. The number of hydrogen-bond acceptors (Lipinski definition) is 6. The van der Waals surface area contributed by atoms with Gasteiger partial charge in [-0.05, 0) is 55.3 Å². The molecule has 0 spiro atoms. The molecule has 0 atom stereocenters. The van der Waals surface area contributed by atoms with Gasteiger partial charge in [0.2, 0.25) is 0 Å². The summed E-state index contributed by atoms with van der Waals surface area (Å²) in [6, 6.07) is 17.4. The molecule has 0 unspecified atom stereocenters. The van der Waals surface area contributed by atoms with Crippen LogP contribution in [-0.4, -0.2) is 25.0 Å². The number of carbonyl (C=O) groups excluding carboxylic acids is 1. The molecule has 0 bridgehead atoms. The maximum atomic E-state index is 12.3. The molecular formula is C28H18Cl4N4O3S. The molecule has 3 aromatic carbocycles. The van der Waals surface area contributed by atoms with Crippen molar-refractivity contribution in [2.75, 3.05) is 0 Å². The largest absolute Gasteiger partial charge is 0.349 e. The highest BCUT2D eigenvalue weighted by atomic mass is 35.5. The van der Waals surface area contributed by atoms with Crippen molar-refractivity contribution in [2.45, 2.75) is 19.3 Å². The van der Waals surface area contributed by atoms with Gasteiger partial charge in [0.05, 0.1) is 21.3 Å². The highest BCUT2D eigenvalue weighted by molar-refractivity contribution is 7.16. The smallest absolute Gasteiger partial charge is 0.276 e. The number of H-pyrrole nitrogens is 1. The molecule has 2 heterocycles. The van der Waals surface area contributed by atoms with E-state index in [2.05, 4.69) is 10.1 Å². The Hall–Kier alpha value is -3.27. The summed E-state index contributed by atoms with van der Waals surface area (Å²) >= 11 is 27.3. The van der Waals surface area contributed by atoms with Gasteiger partial charge in [-0.2, -0.15) is 9.78 Å². The second kappa shape index (κ2) is 11.0. The highest BCUT2D eigenvalue weighted by Crippen LogP contribution is 2.47. The van der Waals surface area contributed by atoms with Gasteiger partial charge < -0.3 is 0 Å². The van der Waals surface area contributed by atoms with Gasteiger partial charge in [0.15, 0.2) is 0 Å². The van der Waals surface area contributed by atoms with Gasteiger partial charge in [-0.25, -0.2) is 9.78 Å². The van der Waals surface area contributed by atoms with Crippen LogP contribution in [0.25, 0.3) is 27.4 Å². The lowest BCUT2D eigenvalue weighted by molar-refractivity contribution is 0.108. The lowest BCUT2D eigenvalue weighted by Gasteiger charge is -2.26. The van der Waals surface area contributed by atoms with Gasteiger partial charge in [0, 0.05) is 32.2 Å². The van der Waals surface area contributed by atoms with Crippen molar-refractivity contribution in [3.8, 4) is 27.4 Å². The van der Waals surface area contributed by atoms with Crippen LogP contribution in [0.3, 0.4) is 0 Å². The summed E-state index contributed by atoms with van der Waals surface area (Å²) in [7, 11) is 0. The number of aromatic nitrogens is 4. The number of thiazole rings is 1. The van der Waals surface area contributed by atoms with Crippen LogP contribution in [0.2, 0.25) is 15.1 Å².